The van der Waals surface area contributed by atoms with Gasteiger partial charge in [-0.15, -0.1) is 0 Å². The molecule has 11 atom stereocenters. The smallest absolute Gasteiger partial charge is 0.123 e. The second-order valence-electron chi connectivity index (χ2n) is 11.9. The Kier molecular flexibility index (Phi) is 3.71. The third kappa shape index (κ3) is 1.90. The third-order valence-electron chi connectivity index (χ3n) is 11.7. The van der Waals surface area contributed by atoms with Crippen LogP contribution in [0.25, 0.3) is 0 Å². The van der Waals surface area contributed by atoms with Crippen molar-refractivity contribution in [2.24, 2.45) is 51.2 Å². The minimum atomic E-state index is -0.287. The van der Waals surface area contributed by atoms with Gasteiger partial charge in [0.05, 0.1) is 12.2 Å². The predicted molar refractivity (Wildman–Crippen MR) is 105 cm³/mol. The molecule has 0 heterocycles. The molecule has 5 rings (SSSR count). The van der Waals surface area contributed by atoms with E-state index in [1.807, 2.05) is 0 Å². The Bertz CT molecular complexity index is 662. The number of aliphatic hydroxyl groups is 2. The summed E-state index contributed by atoms with van der Waals surface area (Å²) in [7, 11) is 0. The summed E-state index contributed by atoms with van der Waals surface area (Å²) >= 11 is 0. The third-order valence-corrected chi connectivity index (χ3v) is 11.7. The van der Waals surface area contributed by atoms with Gasteiger partial charge >= 0.3 is 0 Å². The van der Waals surface area contributed by atoms with Crippen molar-refractivity contribution < 1.29 is 15.0 Å². The Morgan fingerprint density at radius 1 is 0.963 bits per heavy atom. The van der Waals surface area contributed by atoms with Gasteiger partial charge in [-0.2, -0.15) is 0 Å². The van der Waals surface area contributed by atoms with Gasteiger partial charge in [-0.3, -0.25) is 0 Å². The van der Waals surface area contributed by atoms with Gasteiger partial charge in [-0.25, -0.2) is 0 Å². The van der Waals surface area contributed by atoms with E-state index in [1.165, 1.54) is 25.5 Å². The fraction of sp³-hybridized carbons (Fsp3) is 0.958. The largest absolute Gasteiger partial charge is 0.393 e. The number of fused-ring (bicyclic) bond motifs is 6. The predicted octanol–water partition coefficient (Wildman–Crippen LogP) is 4.20. The fourth-order valence-electron chi connectivity index (χ4n) is 9.88. The van der Waals surface area contributed by atoms with E-state index in [0.717, 1.165) is 32.1 Å². The molecule has 5 saturated carbocycles. The summed E-state index contributed by atoms with van der Waals surface area (Å²) in [6.45, 7) is 9.47. The number of hydrogen-bond acceptors (Lipinski definition) is 3. The van der Waals surface area contributed by atoms with E-state index < -0.39 is 0 Å². The Hall–Kier alpha value is -0.410. The average molecular weight is 375 g/mol. The summed E-state index contributed by atoms with van der Waals surface area (Å²) in [5.41, 5.74) is 0.409. The zero-order valence-corrected chi connectivity index (χ0v) is 17.6. The molecular formula is C24H38O3. The Morgan fingerprint density at radius 3 is 2.37 bits per heavy atom. The van der Waals surface area contributed by atoms with Gasteiger partial charge in [0, 0.05) is 11.3 Å². The number of carbonyl (C=O) groups is 1. The summed E-state index contributed by atoms with van der Waals surface area (Å²) in [5, 5.41) is 21.9. The quantitative estimate of drug-likeness (QED) is 0.676. The fourth-order valence-corrected chi connectivity index (χ4v) is 9.88. The molecule has 27 heavy (non-hydrogen) atoms. The van der Waals surface area contributed by atoms with Gasteiger partial charge in [0.2, 0.25) is 0 Å². The molecule has 0 bridgehead atoms. The molecule has 0 amide bonds. The van der Waals surface area contributed by atoms with Crippen LogP contribution in [0, 0.1) is 51.2 Å². The minimum Gasteiger partial charge on any atom is -0.393 e. The van der Waals surface area contributed by atoms with Crippen molar-refractivity contribution in [1.82, 2.24) is 0 Å². The first kappa shape index (κ1) is 18.6. The lowest BCUT2D eigenvalue weighted by Gasteiger charge is -2.66. The Morgan fingerprint density at radius 2 is 1.70 bits per heavy atom. The van der Waals surface area contributed by atoms with Crippen LogP contribution in [0.2, 0.25) is 0 Å². The maximum absolute atomic E-state index is 11.8. The highest BCUT2D eigenvalue weighted by Crippen LogP contribution is 2.81. The van der Waals surface area contributed by atoms with E-state index in [2.05, 4.69) is 27.7 Å². The molecule has 0 saturated heterocycles. The Labute approximate surface area is 164 Å². The first-order valence-corrected chi connectivity index (χ1v) is 11.5. The van der Waals surface area contributed by atoms with Crippen LogP contribution >= 0.6 is 0 Å². The molecule has 2 N–H and O–H groups in total. The van der Waals surface area contributed by atoms with Crippen molar-refractivity contribution in [3.63, 3.8) is 0 Å². The standard InChI is InChI=1S/C24H38O3/c1-14-19(13-25)24(14)10-7-17-16-6-8-21(2)12-15(26)5-9-22(21,3)18(16)11-20(27)23(17,24)4/h13-20,26-27H,5-12H2,1-4H3/t14-,15-,16?,17?,18?,19-,20+,21-,22-,23-,24?/m1/s1. The van der Waals surface area contributed by atoms with Crippen molar-refractivity contribution in [1.29, 1.82) is 0 Å². The molecule has 4 unspecified atom stereocenters. The van der Waals surface area contributed by atoms with Crippen LogP contribution in [0.15, 0.2) is 0 Å². The molecule has 0 aromatic carbocycles. The lowest BCUT2D eigenvalue weighted by atomic mass is 9.39. The first-order chi connectivity index (χ1) is 12.7. The van der Waals surface area contributed by atoms with Crippen LogP contribution in [-0.4, -0.2) is 28.7 Å². The molecule has 0 aromatic rings. The maximum atomic E-state index is 11.8. The number of hydrogen-bond donors (Lipinski definition) is 2. The highest BCUT2D eigenvalue weighted by Gasteiger charge is 2.79. The van der Waals surface area contributed by atoms with Crippen molar-refractivity contribution in [2.75, 3.05) is 0 Å². The van der Waals surface area contributed by atoms with Crippen molar-refractivity contribution in [3.8, 4) is 0 Å². The molecule has 5 aliphatic carbocycles. The summed E-state index contributed by atoms with van der Waals surface area (Å²) in [6.07, 6.45) is 9.39. The van der Waals surface area contributed by atoms with Crippen molar-refractivity contribution in [2.45, 2.75) is 91.3 Å². The van der Waals surface area contributed by atoms with Gasteiger partial charge in [0.15, 0.2) is 0 Å². The van der Waals surface area contributed by atoms with Crippen LogP contribution in [0.5, 0.6) is 0 Å². The zero-order chi connectivity index (χ0) is 19.4. The molecule has 5 fully saturated rings. The highest BCUT2D eigenvalue weighted by molar-refractivity contribution is 5.63. The van der Waals surface area contributed by atoms with Crippen LogP contribution in [0.4, 0.5) is 0 Å². The minimum absolute atomic E-state index is 0.0637. The highest BCUT2D eigenvalue weighted by atomic mass is 16.3. The normalized spacial score (nSPS) is 64.6. The van der Waals surface area contributed by atoms with Crippen molar-refractivity contribution in [3.05, 3.63) is 0 Å². The number of carbonyl (C=O) groups excluding carboxylic acids is 1. The second kappa shape index (κ2) is 5.39. The van der Waals surface area contributed by atoms with Crippen LogP contribution < -0.4 is 0 Å². The van der Waals surface area contributed by atoms with E-state index in [9.17, 15) is 15.0 Å². The molecular weight excluding hydrogens is 336 g/mol. The topological polar surface area (TPSA) is 57.5 Å². The number of aldehydes is 1. The van der Waals surface area contributed by atoms with Gasteiger partial charge in [-0.1, -0.05) is 27.7 Å². The van der Waals surface area contributed by atoms with Crippen LogP contribution in [-0.2, 0) is 4.79 Å². The van der Waals surface area contributed by atoms with Gasteiger partial charge in [0.25, 0.3) is 0 Å². The summed E-state index contributed by atoms with van der Waals surface area (Å²) in [4.78, 5) is 11.8. The molecule has 5 aliphatic rings. The summed E-state index contributed by atoms with van der Waals surface area (Å²) in [5.74, 6) is 2.41. The summed E-state index contributed by atoms with van der Waals surface area (Å²) < 4.78 is 0. The molecule has 3 heteroatoms. The molecule has 0 aliphatic heterocycles. The van der Waals surface area contributed by atoms with Gasteiger partial charge in [0.1, 0.15) is 6.29 Å². The molecule has 3 nitrogen and oxygen atoms in total. The van der Waals surface area contributed by atoms with Crippen LogP contribution in [0.3, 0.4) is 0 Å². The van der Waals surface area contributed by atoms with Gasteiger partial charge in [-0.05, 0) is 91.3 Å². The number of rotatable bonds is 1. The van der Waals surface area contributed by atoms with Crippen LogP contribution in [0.1, 0.15) is 79.1 Å². The zero-order valence-electron chi connectivity index (χ0n) is 17.6. The summed E-state index contributed by atoms with van der Waals surface area (Å²) in [6, 6.07) is 0. The van der Waals surface area contributed by atoms with E-state index in [4.69, 9.17) is 0 Å². The average Bonchev–Trinajstić information content (AvgIpc) is 3.07. The van der Waals surface area contributed by atoms with E-state index >= 15 is 0 Å². The second-order valence-corrected chi connectivity index (χ2v) is 11.9. The van der Waals surface area contributed by atoms with E-state index in [1.54, 1.807) is 0 Å². The molecule has 152 valence electrons. The maximum Gasteiger partial charge on any atom is 0.123 e. The molecule has 0 aromatic heterocycles. The Balaban J connectivity index is 1.52. The monoisotopic (exact) mass is 374 g/mol. The lowest BCUT2D eigenvalue weighted by Crippen LogP contribution is -2.61. The van der Waals surface area contributed by atoms with E-state index in [0.29, 0.717) is 23.7 Å². The molecule has 1 spiro atoms. The SMILES string of the molecule is C[C@@H]1[C@@H](C=O)C12CCC1C3CC[C@]4(C)C[C@H](O)CC[C@]4(C)C3C[C@H](O)[C@@]12C. The first-order valence-electron chi connectivity index (χ1n) is 11.5. The van der Waals surface area contributed by atoms with E-state index in [-0.39, 0.29) is 39.8 Å². The van der Waals surface area contributed by atoms with Gasteiger partial charge < -0.3 is 15.0 Å². The molecule has 0 radical (unpaired) electrons. The number of aliphatic hydroxyl groups excluding tert-OH is 2. The van der Waals surface area contributed by atoms with Crippen molar-refractivity contribution >= 4 is 6.29 Å². The lowest BCUT2D eigenvalue weighted by molar-refractivity contribution is -0.203.